The Bertz CT molecular complexity index is 242. The maximum absolute atomic E-state index is 11.5. The van der Waals surface area contributed by atoms with Gasteiger partial charge in [0.1, 0.15) is 6.61 Å². The van der Waals surface area contributed by atoms with Crippen molar-refractivity contribution in [1.29, 1.82) is 0 Å². The summed E-state index contributed by atoms with van der Waals surface area (Å²) in [6, 6.07) is 0. The minimum Gasteiger partial charge on any atom is -0.377 e. The Hall–Kier alpha value is -1.07. The van der Waals surface area contributed by atoms with Crippen LogP contribution >= 0.6 is 0 Å². The summed E-state index contributed by atoms with van der Waals surface area (Å²) in [5, 5.41) is 0. The van der Waals surface area contributed by atoms with E-state index in [1.807, 2.05) is 0 Å². The highest BCUT2D eigenvalue weighted by molar-refractivity contribution is 6.27. The lowest BCUT2D eigenvalue weighted by atomic mass is 9.90. The molecular weight excluding hydrogens is 188 g/mol. The van der Waals surface area contributed by atoms with Gasteiger partial charge in [-0.25, -0.2) is 0 Å². The zero-order valence-corrected chi connectivity index (χ0v) is 8.75. The van der Waals surface area contributed by atoms with Crippen LogP contribution in [-0.2, 0) is 23.9 Å². The van der Waals surface area contributed by atoms with Gasteiger partial charge in [-0.15, -0.1) is 0 Å². The molecule has 0 atom stereocenters. The lowest BCUT2D eigenvalue weighted by Crippen LogP contribution is -2.54. The van der Waals surface area contributed by atoms with E-state index in [4.69, 9.17) is 4.74 Å². The van der Waals surface area contributed by atoms with E-state index in [9.17, 15) is 14.4 Å². The Morgan fingerprint density at radius 2 is 1.50 bits per heavy atom. The smallest absolute Gasteiger partial charge is 0.244 e. The number of carbonyl (C=O) groups excluding carboxylic acids is 3. The highest BCUT2D eigenvalue weighted by atomic mass is 16.5. The zero-order chi connectivity index (χ0) is 11.4. The van der Waals surface area contributed by atoms with Crippen molar-refractivity contribution in [3.63, 3.8) is 0 Å². The molecule has 0 saturated carbocycles. The Labute approximate surface area is 82.4 Å². The molecule has 0 radical (unpaired) electrons. The molecule has 0 rings (SSSR count). The number of ketones is 3. The monoisotopic (exact) mass is 202 g/mol. The molecular formula is C9H14O5. The third-order valence-electron chi connectivity index (χ3n) is 1.97. The normalized spacial score (nSPS) is 11.1. The largest absolute Gasteiger partial charge is 0.377 e. The summed E-state index contributed by atoms with van der Waals surface area (Å²) >= 11 is 0. The molecule has 0 aliphatic heterocycles. The first-order chi connectivity index (χ1) is 6.43. The second kappa shape index (κ2) is 4.97. The maximum Gasteiger partial charge on any atom is 0.244 e. The molecule has 5 nitrogen and oxygen atoms in total. The van der Waals surface area contributed by atoms with Crippen molar-refractivity contribution in [2.45, 2.75) is 19.4 Å². The maximum atomic E-state index is 11.5. The van der Waals surface area contributed by atoms with Crippen LogP contribution in [0.15, 0.2) is 0 Å². The third-order valence-corrected chi connectivity index (χ3v) is 1.97. The fraction of sp³-hybridized carbons (Fsp3) is 0.667. The average molecular weight is 202 g/mol. The van der Waals surface area contributed by atoms with Crippen LogP contribution in [0.5, 0.6) is 0 Å². The predicted molar refractivity (Wildman–Crippen MR) is 48.0 cm³/mol. The summed E-state index contributed by atoms with van der Waals surface area (Å²) in [5.41, 5.74) is -1.99. The lowest BCUT2D eigenvalue weighted by molar-refractivity contribution is -0.162. The van der Waals surface area contributed by atoms with Gasteiger partial charge in [-0.1, -0.05) is 0 Å². The Morgan fingerprint density at radius 1 is 1.07 bits per heavy atom. The van der Waals surface area contributed by atoms with E-state index in [0.29, 0.717) is 0 Å². The number of carbonyl (C=O) groups is 3. The average Bonchev–Trinajstić information content (AvgIpc) is 2.05. The van der Waals surface area contributed by atoms with Crippen LogP contribution in [0.1, 0.15) is 13.8 Å². The van der Waals surface area contributed by atoms with Crippen LogP contribution in [0.2, 0.25) is 0 Å². The van der Waals surface area contributed by atoms with Crippen LogP contribution in [0.4, 0.5) is 0 Å². The van der Waals surface area contributed by atoms with E-state index >= 15 is 0 Å². The molecule has 0 aliphatic carbocycles. The topological polar surface area (TPSA) is 69.7 Å². The Morgan fingerprint density at radius 3 is 1.71 bits per heavy atom. The molecule has 0 aromatic rings. The molecule has 0 N–H and O–H groups in total. The first kappa shape index (κ1) is 12.9. The van der Waals surface area contributed by atoms with Gasteiger partial charge in [0, 0.05) is 14.2 Å². The van der Waals surface area contributed by atoms with Gasteiger partial charge in [0.2, 0.25) is 11.4 Å². The second-order valence-corrected chi connectivity index (χ2v) is 2.85. The SMILES string of the molecule is COCC(=O)C(OC)(C(C)=O)C(C)=O. The van der Waals surface area contributed by atoms with Crippen molar-refractivity contribution in [2.24, 2.45) is 0 Å². The van der Waals surface area contributed by atoms with Crippen molar-refractivity contribution in [1.82, 2.24) is 0 Å². The molecule has 0 aromatic heterocycles. The summed E-state index contributed by atoms with van der Waals surface area (Å²) in [4.78, 5) is 34.0. The number of rotatable bonds is 6. The van der Waals surface area contributed by atoms with Crippen LogP contribution < -0.4 is 0 Å². The highest BCUT2D eigenvalue weighted by Crippen LogP contribution is 2.15. The van der Waals surface area contributed by atoms with E-state index in [0.717, 1.165) is 21.0 Å². The molecule has 0 saturated heterocycles. The molecule has 0 heterocycles. The van der Waals surface area contributed by atoms with Gasteiger partial charge >= 0.3 is 0 Å². The third kappa shape index (κ3) is 2.05. The van der Waals surface area contributed by atoms with E-state index < -0.39 is 23.0 Å². The first-order valence-corrected chi connectivity index (χ1v) is 4.03. The summed E-state index contributed by atoms with van der Waals surface area (Å²) in [6.07, 6.45) is 0. The Kier molecular flexibility index (Phi) is 4.59. The van der Waals surface area contributed by atoms with Crippen molar-refractivity contribution in [2.75, 3.05) is 20.8 Å². The molecule has 80 valence electrons. The quantitative estimate of drug-likeness (QED) is 0.556. The molecule has 5 heteroatoms. The minimum absolute atomic E-state index is 0.326. The summed E-state index contributed by atoms with van der Waals surface area (Å²) < 4.78 is 9.32. The first-order valence-electron chi connectivity index (χ1n) is 4.03. The number of hydrogen-bond acceptors (Lipinski definition) is 5. The summed E-state index contributed by atoms with van der Waals surface area (Å²) in [6.45, 7) is 1.95. The van der Waals surface area contributed by atoms with Crippen molar-refractivity contribution >= 4 is 17.3 Å². The molecule has 0 aromatic carbocycles. The fourth-order valence-corrected chi connectivity index (χ4v) is 1.27. The molecule has 14 heavy (non-hydrogen) atoms. The van der Waals surface area contributed by atoms with Crippen molar-refractivity contribution < 1.29 is 23.9 Å². The zero-order valence-electron chi connectivity index (χ0n) is 8.75. The lowest BCUT2D eigenvalue weighted by Gasteiger charge is -2.24. The molecule has 0 spiro atoms. The molecule has 0 bridgehead atoms. The minimum atomic E-state index is -1.99. The van der Waals surface area contributed by atoms with E-state index in [2.05, 4.69) is 4.74 Å². The second-order valence-electron chi connectivity index (χ2n) is 2.85. The van der Waals surface area contributed by atoms with Gasteiger partial charge in [-0.3, -0.25) is 14.4 Å². The molecule has 0 amide bonds. The number of ether oxygens (including phenoxy) is 2. The number of Topliss-reactive ketones (excluding diaryl/α,β-unsaturated/α-hetero) is 3. The number of methoxy groups -OCH3 is 2. The van der Waals surface area contributed by atoms with Gasteiger partial charge in [0.25, 0.3) is 0 Å². The van der Waals surface area contributed by atoms with Crippen LogP contribution in [0, 0.1) is 0 Å². The standard InChI is InChI=1S/C9H14O5/c1-6(10)9(14-4,7(2)11)8(12)5-13-3/h5H2,1-4H3. The molecule has 0 unspecified atom stereocenters. The molecule has 0 aliphatic rings. The Balaban J connectivity index is 5.14. The summed E-state index contributed by atoms with van der Waals surface area (Å²) in [5.74, 6) is -1.94. The van der Waals surface area contributed by atoms with Crippen LogP contribution in [0.3, 0.4) is 0 Å². The van der Waals surface area contributed by atoms with Gasteiger partial charge in [0.05, 0.1) is 0 Å². The molecule has 0 fully saturated rings. The van der Waals surface area contributed by atoms with Crippen molar-refractivity contribution in [3.05, 3.63) is 0 Å². The van der Waals surface area contributed by atoms with Crippen molar-refractivity contribution in [3.8, 4) is 0 Å². The van der Waals surface area contributed by atoms with E-state index in [1.165, 1.54) is 7.11 Å². The van der Waals surface area contributed by atoms with Gasteiger partial charge in [-0.2, -0.15) is 0 Å². The van der Waals surface area contributed by atoms with Crippen LogP contribution in [-0.4, -0.2) is 43.8 Å². The van der Waals surface area contributed by atoms with Crippen LogP contribution in [0.25, 0.3) is 0 Å². The summed E-state index contributed by atoms with van der Waals surface area (Å²) in [7, 11) is 2.45. The van der Waals surface area contributed by atoms with Gasteiger partial charge in [-0.05, 0) is 13.8 Å². The van der Waals surface area contributed by atoms with E-state index in [-0.39, 0.29) is 6.61 Å². The van der Waals surface area contributed by atoms with Gasteiger partial charge in [0.15, 0.2) is 11.6 Å². The van der Waals surface area contributed by atoms with Gasteiger partial charge < -0.3 is 9.47 Å². The number of hydrogen-bond donors (Lipinski definition) is 0. The fourth-order valence-electron chi connectivity index (χ4n) is 1.27. The predicted octanol–water partition coefficient (Wildman–Crippen LogP) is -0.235. The van der Waals surface area contributed by atoms with E-state index in [1.54, 1.807) is 0 Å². The highest BCUT2D eigenvalue weighted by Gasteiger charge is 2.47.